The molecule has 29 heavy (non-hydrogen) atoms. The van der Waals surface area contributed by atoms with Crippen LogP contribution in [0.4, 0.5) is 5.69 Å². The number of aliphatic imine (C=N–C) groups is 2. The molecule has 0 aliphatic heterocycles. The van der Waals surface area contributed by atoms with E-state index in [0.717, 1.165) is 27.1 Å². The molecule has 142 valence electrons. The number of allylic oxidation sites excluding steroid dienone is 2. The van der Waals surface area contributed by atoms with Crippen LogP contribution < -0.4 is 5.32 Å². The highest BCUT2D eigenvalue weighted by Crippen LogP contribution is 2.31. The molecule has 0 atom stereocenters. The molecule has 2 aromatic carbocycles. The number of hydrogen-bond acceptors (Lipinski definition) is 6. The summed E-state index contributed by atoms with van der Waals surface area (Å²) in [7, 11) is 0. The van der Waals surface area contributed by atoms with Gasteiger partial charge in [0.2, 0.25) is 11.6 Å². The van der Waals surface area contributed by atoms with Gasteiger partial charge in [0.1, 0.15) is 17.0 Å². The molecule has 0 saturated carbocycles. The molecule has 1 aliphatic rings. The van der Waals surface area contributed by atoms with Gasteiger partial charge in [-0.1, -0.05) is 12.1 Å². The molecule has 0 spiro atoms. The molecule has 3 aromatic rings. The highest BCUT2D eigenvalue weighted by atomic mass is 32.1. The molecule has 0 radical (unpaired) electrons. The number of thiazole rings is 1. The van der Waals surface area contributed by atoms with E-state index in [-0.39, 0.29) is 28.5 Å². The van der Waals surface area contributed by atoms with Gasteiger partial charge in [0, 0.05) is 22.9 Å². The smallest absolute Gasteiger partial charge is 0.207 e. The van der Waals surface area contributed by atoms with E-state index < -0.39 is 0 Å². The Kier molecular flexibility index (Phi) is 4.97. The van der Waals surface area contributed by atoms with Gasteiger partial charge in [-0.15, -0.1) is 11.3 Å². The molecule has 0 saturated heterocycles. The fourth-order valence-electron chi connectivity index (χ4n) is 2.96. The number of hydrogen-bond donors (Lipinski definition) is 1. The fourth-order valence-corrected chi connectivity index (χ4v) is 3.93. The third-order valence-corrected chi connectivity index (χ3v) is 5.51. The minimum absolute atomic E-state index is 0.0825. The minimum atomic E-state index is -0.351. The molecule has 0 amide bonds. The second kappa shape index (κ2) is 7.73. The van der Waals surface area contributed by atoms with E-state index in [2.05, 4.69) is 27.0 Å². The third-order valence-electron chi connectivity index (χ3n) is 4.42. The van der Waals surface area contributed by atoms with Crippen molar-refractivity contribution < 1.29 is 9.59 Å². The molecule has 0 bridgehead atoms. The van der Waals surface area contributed by atoms with Crippen molar-refractivity contribution in [3.05, 3.63) is 71.6 Å². The molecule has 1 aliphatic carbocycles. The first-order chi connectivity index (χ1) is 14.1. The monoisotopic (exact) mass is 400 g/mol. The summed E-state index contributed by atoms with van der Waals surface area (Å²) < 4.78 is 1.13. The van der Waals surface area contributed by atoms with Crippen LogP contribution in [0, 0.1) is 0 Å². The number of anilines is 1. The SMILES string of the molecule is C=N/C=N\C1=C(C)C(=O)C(Nc2ccc(-c3nc4ccccc4s3)cc2)=CC1=O. The first kappa shape index (κ1) is 18.6. The van der Waals surface area contributed by atoms with E-state index in [9.17, 15) is 9.59 Å². The van der Waals surface area contributed by atoms with E-state index >= 15 is 0 Å². The van der Waals surface area contributed by atoms with Crippen LogP contribution in [0.1, 0.15) is 6.92 Å². The summed E-state index contributed by atoms with van der Waals surface area (Å²) >= 11 is 1.63. The van der Waals surface area contributed by atoms with Crippen molar-refractivity contribution in [3.8, 4) is 10.6 Å². The average Bonchev–Trinajstić information content (AvgIpc) is 3.16. The zero-order valence-electron chi connectivity index (χ0n) is 15.5. The van der Waals surface area contributed by atoms with Crippen molar-refractivity contribution in [1.29, 1.82) is 0 Å². The number of para-hydroxylation sites is 1. The zero-order valence-corrected chi connectivity index (χ0v) is 16.4. The van der Waals surface area contributed by atoms with E-state index in [4.69, 9.17) is 0 Å². The lowest BCUT2D eigenvalue weighted by Gasteiger charge is -2.15. The van der Waals surface area contributed by atoms with Gasteiger partial charge in [-0.3, -0.25) is 14.6 Å². The maximum Gasteiger partial charge on any atom is 0.207 e. The lowest BCUT2D eigenvalue weighted by molar-refractivity contribution is -0.115. The molecule has 1 heterocycles. The maximum atomic E-state index is 12.6. The van der Waals surface area contributed by atoms with Crippen LogP contribution in [0.3, 0.4) is 0 Å². The Balaban J connectivity index is 1.55. The number of carbonyl (C=O) groups excluding carboxylic acids is 2. The molecule has 7 heteroatoms. The van der Waals surface area contributed by atoms with Gasteiger partial charge in [-0.25, -0.2) is 9.98 Å². The Morgan fingerprint density at radius 2 is 1.86 bits per heavy atom. The number of ketones is 2. The minimum Gasteiger partial charge on any atom is -0.352 e. The second-order valence-corrected chi connectivity index (χ2v) is 7.37. The van der Waals surface area contributed by atoms with E-state index in [1.165, 1.54) is 6.08 Å². The molecular weight excluding hydrogens is 384 g/mol. The Bertz CT molecular complexity index is 1200. The summed E-state index contributed by atoms with van der Waals surface area (Å²) in [5, 5.41) is 3.95. The van der Waals surface area contributed by atoms with Gasteiger partial charge < -0.3 is 5.32 Å². The maximum absolute atomic E-state index is 12.6. The van der Waals surface area contributed by atoms with Crippen molar-refractivity contribution in [2.75, 3.05) is 5.32 Å². The van der Waals surface area contributed by atoms with Crippen LogP contribution in [0.5, 0.6) is 0 Å². The second-order valence-electron chi connectivity index (χ2n) is 6.34. The number of benzene rings is 2. The molecular formula is C22H16N4O2S. The van der Waals surface area contributed by atoms with Gasteiger partial charge in [-0.2, -0.15) is 0 Å². The van der Waals surface area contributed by atoms with Crippen LogP contribution in [-0.4, -0.2) is 29.6 Å². The number of Topliss-reactive ketones (excluding diaryl/α,β-unsaturated/α-hetero) is 1. The van der Waals surface area contributed by atoms with Crippen LogP contribution in [0.2, 0.25) is 0 Å². The number of rotatable bonds is 5. The van der Waals surface area contributed by atoms with Crippen molar-refractivity contribution >= 4 is 51.9 Å². The van der Waals surface area contributed by atoms with Gasteiger partial charge in [0.15, 0.2) is 0 Å². The standard InChI is InChI=1S/C22H16N4O2S/c1-13-20(24-12-23-2)18(27)11-17(21(13)28)25-15-9-7-14(8-10-15)22-26-16-5-3-4-6-19(16)29-22/h3-12,25H,2H2,1H3/b24-12-. The quantitative estimate of drug-likeness (QED) is 0.390. The Morgan fingerprint density at radius 3 is 2.59 bits per heavy atom. The number of nitrogens with zero attached hydrogens (tertiary/aromatic N) is 3. The molecule has 1 N–H and O–H groups in total. The van der Waals surface area contributed by atoms with E-state index in [1.807, 2.05) is 48.5 Å². The van der Waals surface area contributed by atoms with Crippen LogP contribution >= 0.6 is 11.3 Å². The van der Waals surface area contributed by atoms with E-state index in [0.29, 0.717) is 5.69 Å². The van der Waals surface area contributed by atoms with E-state index in [1.54, 1.807) is 18.3 Å². The molecule has 0 unspecified atom stereocenters. The summed E-state index contributed by atoms with van der Waals surface area (Å²) in [5.74, 6) is -0.633. The number of carbonyl (C=O) groups is 2. The first-order valence-corrected chi connectivity index (χ1v) is 9.61. The summed E-state index contributed by atoms with van der Waals surface area (Å²) in [6.45, 7) is 4.85. The van der Waals surface area contributed by atoms with Gasteiger partial charge in [0.25, 0.3) is 0 Å². The van der Waals surface area contributed by atoms with Crippen LogP contribution in [0.15, 0.2) is 81.6 Å². The largest absolute Gasteiger partial charge is 0.352 e. The summed E-state index contributed by atoms with van der Waals surface area (Å²) in [6, 6.07) is 15.6. The highest BCUT2D eigenvalue weighted by Gasteiger charge is 2.25. The predicted octanol–water partition coefficient (Wildman–Crippen LogP) is 4.41. The van der Waals surface area contributed by atoms with Crippen molar-refractivity contribution in [1.82, 2.24) is 4.98 Å². The Morgan fingerprint density at radius 1 is 1.10 bits per heavy atom. The Hall–Kier alpha value is -3.71. The van der Waals surface area contributed by atoms with Crippen LogP contribution in [-0.2, 0) is 9.59 Å². The molecule has 6 nitrogen and oxygen atoms in total. The average molecular weight is 400 g/mol. The van der Waals surface area contributed by atoms with Crippen molar-refractivity contribution in [2.24, 2.45) is 9.98 Å². The lowest BCUT2D eigenvalue weighted by Crippen LogP contribution is -2.21. The zero-order chi connectivity index (χ0) is 20.4. The third kappa shape index (κ3) is 3.68. The molecule has 0 fully saturated rings. The summed E-state index contributed by atoms with van der Waals surface area (Å²) in [6.07, 6.45) is 2.41. The van der Waals surface area contributed by atoms with Gasteiger partial charge >= 0.3 is 0 Å². The summed E-state index contributed by atoms with van der Waals surface area (Å²) in [5.41, 5.74) is 3.23. The molecule has 4 rings (SSSR count). The number of nitrogens with one attached hydrogen (secondary N) is 1. The normalized spacial score (nSPS) is 14.6. The van der Waals surface area contributed by atoms with Crippen molar-refractivity contribution in [3.63, 3.8) is 0 Å². The van der Waals surface area contributed by atoms with Gasteiger partial charge in [0.05, 0.1) is 15.9 Å². The van der Waals surface area contributed by atoms with Gasteiger partial charge in [-0.05, 0) is 50.0 Å². The molecule has 1 aromatic heterocycles. The number of aromatic nitrogens is 1. The summed E-state index contributed by atoms with van der Waals surface area (Å²) in [4.78, 5) is 36.9. The topological polar surface area (TPSA) is 83.8 Å². The fraction of sp³-hybridized carbons (Fsp3) is 0.0455. The lowest BCUT2D eigenvalue weighted by atomic mass is 9.98. The highest BCUT2D eigenvalue weighted by molar-refractivity contribution is 7.21. The first-order valence-electron chi connectivity index (χ1n) is 8.80. The number of fused-ring (bicyclic) bond motifs is 1. The Labute approximate surface area is 171 Å². The van der Waals surface area contributed by atoms with Crippen LogP contribution in [0.25, 0.3) is 20.8 Å². The predicted molar refractivity (Wildman–Crippen MR) is 118 cm³/mol. The van der Waals surface area contributed by atoms with Crippen molar-refractivity contribution in [2.45, 2.75) is 6.92 Å².